The van der Waals surface area contributed by atoms with Crippen LogP contribution in [0.4, 0.5) is 0 Å². The van der Waals surface area contributed by atoms with Crippen molar-refractivity contribution >= 4 is 11.9 Å². The van der Waals surface area contributed by atoms with Crippen LogP contribution in [0.15, 0.2) is 30.6 Å². The third kappa shape index (κ3) is 4.78. The third-order valence-corrected chi connectivity index (χ3v) is 5.44. The number of likely N-dealkylation sites (tertiary alicyclic amines) is 1. The number of amides is 1. The van der Waals surface area contributed by atoms with Crippen molar-refractivity contribution in [2.24, 2.45) is 0 Å². The van der Waals surface area contributed by atoms with Gasteiger partial charge in [-0.05, 0) is 49.8 Å². The molecular weight excluding hydrogens is 370 g/mol. The molecule has 1 amide bonds. The average Bonchev–Trinajstić information content (AvgIpc) is 3.18. The van der Waals surface area contributed by atoms with Gasteiger partial charge in [0.25, 0.3) is 5.91 Å². The number of carbonyl (C=O) groups is 2. The van der Waals surface area contributed by atoms with E-state index in [1.807, 2.05) is 17.9 Å². The summed E-state index contributed by atoms with van der Waals surface area (Å²) >= 11 is 0. The molecule has 0 spiro atoms. The Hall–Kier alpha value is -2.83. The molecule has 156 valence electrons. The molecule has 0 radical (unpaired) electrons. The van der Waals surface area contributed by atoms with Crippen LogP contribution in [0.5, 0.6) is 5.75 Å². The Morgan fingerprint density at radius 3 is 2.48 bits per heavy atom. The van der Waals surface area contributed by atoms with E-state index in [2.05, 4.69) is 31.1 Å². The Morgan fingerprint density at radius 1 is 1.21 bits per heavy atom. The van der Waals surface area contributed by atoms with E-state index < -0.39 is 12.1 Å². The average molecular weight is 399 g/mol. The predicted molar refractivity (Wildman–Crippen MR) is 109 cm³/mol. The summed E-state index contributed by atoms with van der Waals surface area (Å²) in [5.74, 6) is 0.0833. The van der Waals surface area contributed by atoms with Gasteiger partial charge in [0.1, 0.15) is 5.75 Å². The van der Waals surface area contributed by atoms with Crippen molar-refractivity contribution in [1.29, 1.82) is 0 Å². The van der Waals surface area contributed by atoms with Crippen molar-refractivity contribution in [1.82, 2.24) is 14.7 Å². The molecule has 3 rings (SSSR count). The number of ether oxygens (including phenoxy) is 1. The smallest absolute Gasteiger partial charge is 0.338 e. The molecule has 7 nitrogen and oxygen atoms in total. The minimum atomic E-state index is -0.980. The van der Waals surface area contributed by atoms with Gasteiger partial charge in [-0.2, -0.15) is 5.10 Å². The summed E-state index contributed by atoms with van der Waals surface area (Å²) in [7, 11) is 0. The molecule has 1 unspecified atom stereocenters. The maximum atomic E-state index is 12.9. The third-order valence-electron chi connectivity index (χ3n) is 5.44. The van der Waals surface area contributed by atoms with Gasteiger partial charge in [-0.15, -0.1) is 0 Å². The normalized spacial score (nSPS) is 16.1. The maximum Gasteiger partial charge on any atom is 0.338 e. The molecule has 1 aliphatic heterocycles. The number of benzene rings is 1. The monoisotopic (exact) mass is 399 g/mol. The Morgan fingerprint density at radius 2 is 1.90 bits per heavy atom. The van der Waals surface area contributed by atoms with Gasteiger partial charge in [0, 0.05) is 19.3 Å². The highest BCUT2D eigenvalue weighted by Gasteiger charge is 2.28. The first kappa shape index (κ1) is 20.9. The van der Waals surface area contributed by atoms with Crippen LogP contribution < -0.4 is 4.74 Å². The van der Waals surface area contributed by atoms with Crippen molar-refractivity contribution in [3.8, 4) is 5.75 Å². The fourth-order valence-electron chi connectivity index (χ4n) is 3.72. The van der Waals surface area contributed by atoms with Gasteiger partial charge in [0.05, 0.1) is 17.8 Å². The quantitative estimate of drug-likeness (QED) is 0.802. The van der Waals surface area contributed by atoms with Gasteiger partial charge in [-0.1, -0.05) is 26.0 Å². The lowest BCUT2D eigenvalue weighted by Gasteiger charge is -2.33. The first-order valence-electron chi connectivity index (χ1n) is 10.1. The summed E-state index contributed by atoms with van der Waals surface area (Å²) in [6, 6.07) is 6.22. The van der Waals surface area contributed by atoms with Gasteiger partial charge in [0.2, 0.25) is 0 Å². The molecule has 2 heterocycles. The van der Waals surface area contributed by atoms with Gasteiger partial charge < -0.3 is 14.7 Å². The standard InChI is InChI=1S/C22H29N3O4/c1-14(2)19-6-5-15(3)11-20(19)29-16(4)21(26)24-9-7-18(8-10-24)25-13-17(12-23-25)22(27)28/h5-6,11-14,16,18H,7-10H2,1-4H3,(H,27,28). The van der Waals surface area contributed by atoms with Gasteiger partial charge >= 0.3 is 5.97 Å². The highest BCUT2D eigenvalue weighted by Crippen LogP contribution is 2.29. The first-order chi connectivity index (χ1) is 13.8. The first-order valence-corrected chi connectivity index (χ1v) is 10.1. The number of carbonyl (C=O) groups excluding carboxylic acids is 1. The number of hydrogen-bond donors (Lipinski definition) is 1. The highest BCUT2D eigenvalue weighted by molar-refractivity contribution is 5.86. The van der Waals surface area contributed by atoms with Gasteiger partial charge in [-0.25, -0.2) is 4.79 Å². The molecule has 0 aliphatic carbocycles. The van der Waals surface area contributed by atoms with E-state index in [4.69, 9.17) is 9.84 Å². The van der Waals surface area contributed by atoms with Crippen molar-refractivity contribution in [3.63, 3.8) is 0 Å². The van der Waals surface area contributed by atoms with Crippen LogP contribution in [-0.4, -0.2) is 50.9 Å². The van der Waals surface area contributed by atoms with Crippen molar-refractivity contribution in [3.05, 3.63) is 47.3 Å². The number of carboxylic acids is 1. The molecule has 1 N–H and O–H groups in total. The maximum absolute atomic E-state index is 12.9. The number of aromatic carboxylic acids is 1. The highest BCUT2D eigenvalue weighted by atomic mass is 16.5. The number of carboxylic acid groups (broad SMARTS) is 1. The summed E-state index contributed by atoms with van der Waals surface area (Å²) in [6.07, 6.45) is 3.83. The van der Waals surface area contributed by atoms with Crippen LogP contribution in [0.2, 0.25) is 0 Å². The molecule has 1 aromatic carbocycles. The number of nitrogens with zero attached hydrogens (tertiary/aromatic N) is 3. The predicted octanol–water partition coefficient (Wildman–Crippen LogP) is 3.64. The molecule has 1 aliphatic rings. The van der Waals surface area contributed by atoms with Crippen molar-refractivity contribution in [2.45, 2.75) is 58.6 Å². The molecule has 0 saturated carbocycles. The summed E-state index contributed by atoms with van der Waals surface area (Å²) in [6.45, 7) is 9.24. The number of aromatic nitrogens is 2. The van der Waals surface area contributed by atoms with E-state index in [0.717, 1.165) is 29.7 Å². The second-order valence-corrected chi connectivity index (χ2v) is 8.03. The molecule has 1 aromatic heterocycles. The SMILES string of the molecule is Cc1ccc(C(C)C)c(OC(C)C(=O)N2CCC(n3cc(C(=O)O)cn3)CC2)c1. The lowest BCUT2D eigenvalue weighted by atomic mass is 10.0. The molecule has 1 atom stereocenters. The Kier molecular flexibility index (Phi) is 6.25. The minimum absolute atomic E-state index is 0.0219. The largest absolute Gasteiger partial charge is 0.481 e. The zero-order valence-electron chi connectivity index (χ0n) is 17.5. The van der Waals surface area contributed by atoms with Crippen LogP contribution in [0.3, 0.4) is 0 Å². The summed E-state index contributed by atoms with van der Waals surface area (Å²) in [5.41, 5.74) is 2.39. The second-order valence-electron chi connectivity index (χ2n) is 8.03. The van der Waals surface area contributed by atoms with E-state index in [1.165, 1.54) is 6.20 Å². The van der Waals surface area contributed by atoms with Gasteiger partial charge in [0.15, 0.2) is 6.10 Å². The Balaban J connectivity index is 1.60. The molecule has 1 saturated heterocycles. The van der Waals surface area contributed by atoms with E-state index in [-0.39, 0.29) is 17.5 Å². The zero-order valence-corrected chi connectivity index (χ0v) is 17.5. The molecule has 7 heteroatoms. The van der Waals surface area contributed by atoms with E-state index in [9.17, 15) is 9.59 Å². The summed E-state index contributed by atoms with van der Waals surface area (Å²) in [5, 5.41) is 13.2. The van der Waals surface area contributed by atoms with Crippen LogP contribution in [0.1, 0.15) is 67.1 Å². The van der Waals surface area contributed by atoms with Crippen LogP contribution in [0.25, 0.3) is 0 Å². The van der Waals surface area contributed by atoms with Crippen LogP contribution in [-0.2, 0) is 4.79 Å². The number of aryl methyl sites for hydroxylation is 1. The fourth-order valence-corrected chi connectivity index (χ4v) is 3.72. The number of rotatable bonds is 6. The molecule has 0 bridgehead atoms. The van der Waals surface area contributed by atoms with Crippen LogP contribution in [0, 0.1) is 6.92 Å². The fraction of sp³-hybridized carbons (Fsp3) is 0.500. The van der Waals surface area contributed by atoms with Crippen LogP contribution >= 0.6 is 0 Å². The van der Waals surface area contributed by atoms with Gasteiger partial charge in [-0.3, -0.25) is 9.48 Å². The van der Waals surface area contributed by atoms with E-state index >= 15 is 0 Å². The molecule has 1 fully saturated rings. The number of hydrogen-bond acceptors (Lipinski definition) is 4. The lowest BCUT2D eigenvalue weighted by molar-refractivity contribution is -0.139. The van der Waals surface area contributed by atoms with E-state index in [1.54, 1.807) is 17.8 Å². The van der Waals surface area contributed by atoms with Crippen molar-refractivity contribution in [2.75, 3.05) is 13.1 Å². The Bertz CT molecular complexity index is 882. The second kappa shape index (κ2) is 8.68. The minimum Gasteiger partial charge on any atom is -0.481 e. The molecule has 2 aromatic rings. The van der Waals surface area contributed by atoms with Crippen molar-refractivity contribution < 1.29 is 19.4 Å². The topological polar surface area (TPSA) is 84.7 Å². The molecular formula is C22H29N3O4. The Labute approximate surface area is 171 Å². The lowest BCUT2D eigenvalue weighted by Crippen LogP contribution is -2.45. The zero-order chi connectivity index (χ0) is 21.1. The number of piperidine rings is 1. The summed E-state index contributed by atoms with van der Waals surface area (Å²) < 4.78 is 7.77. The molecule has 29 heavy (non-hydrogen) atoms. The van der Waals surface area contributed by atoms with E-state index in [0.29, 0.717) is 19.0 Å². The summed E-state index contributed by atoms with van der Waals surface area (Å²) in [4.78, 5) is 25.8.